The molecule has 0 bridgehead atoms. The Morgan fingerprint density at radius 2 is 1.80 bits per heavy atom. The standard InChI is InChI=1S/C17H35N3/c1-5-15-6-7-16(12-15)18-13-17(14(2)3)20-10-8-19(4)9-11-20/h14-18H,5-13H2,1-4H3. The van der Waals surface area contributed by atoms with Crippen LogP contribution in [0.5, 0.6) is 0 Å². The van der Waals surface area contributed by atoms with Crippen LogP contribution in [-0.4, -0.2) is 61.7 Å². The van der Waals surface area contributed by atoms with Crippen molar-refractivity contribution in [3.05, 3.63) is 0 Å². The van der Waals surface area contributed by atoms with Gasteiger partial charge in [0.2, 0.25) is 0 Å². The summed E-state index contributed by atoms with van der Waals surface area (Å²) >= 11 is 0. The lowest BCUT2D eigenvalue weighted by Crippen LogP contribution is -2.54. The molecular weight excluding hydrogens is 246 g/mol. The predicted molar refractivity (Wildman–Crippen MR) is 87.1 cm³/mol. The third-order valence-corrected chi connectivity index (χ3v) is 5.51. The molecule has 1 N–H and O–H groups in total. The van der Waals surface area contributed by atoms with E-state index in [1.54, 1.807) is 0 Å². The van der Waals surface area contributed by atoms with Gasteiger partial charge in [-0.1, -0.05) is 27.2 Å². The van der Waals surface area contributed by atoms with Crippen LogP contribution in [0.15, 0.2) is 0 Å². The molecule has 0 spiro atoms. The van der Waals surface area contributed by atoms with E-state index < -0.39 is 0 Å². The number of hydrogen-bond acceptors (Lipinski definition) is 3. The van der Waals surface area contributed by atoms with Gasteiger partial charge >= 0.3 is 0 Å². The molecule has 1 saturated heterocycles. The first-order chi connectivity index (χ1) is 9.60. The molecule has 1 heterocycles. The summed E-state index contributed by atoms with van der Waals surface area (Å²) in [6.07, 6.45) is 5.61. The molecule has 20 heavy (non-hydrogen) atoms. The Morgan fingerprint density at radius 3 is 2.35 bits per heavy atom. The smallest absolute Gasteiger partial charge is 0.0244 e. The van der Waals surface area contributed by atoms with Crippen molar-refractivity contribution in [2.24, 2.45) is 11.8 Å². The third kappa shape index (κ3) is 4.44. The van der Waals surface area contributed by atoms with Crippen molar-refractivity contribution in [3.63, 3.8) is 0 Å². The Hall–Kier alpha value is -0.120. The van der Waals surface area contributed by atoms with E-state index in [-0.39, 0.29) is 0 Å². The average Bonchev–Trinajstić information content (AvgIpc) is 2.88. The van der Waals surface area contributed by atoms with Gasteiger partial charge in [0.05, 0.1) is 0 Å². The van der Waals surface area contributed by atoms with Crippen LogP contribution in [0.25, 0.3) is 0 Å². The van der Waals surface area contributed by atoms with Gasteiger partial charge in [0, 0.05) is 44.8 Å². The lowest BCUT2D eigenvalue weighted by atomic mass is 10.0. The van der Waals surface area contributed by atoms with Crippen molar-refractivity contribution < 1.29 is 0 Å². The molecule has 0 aromatic rings. The maximum atomic E-state index is 3.88. The highest BCUT2D eigenvalue weighted by Gasteiger charge is 2.27. The van der Waals surface area contributed by atoms with Gasteiger partial charge in [0.1, 0.15) is 0 Å². The van der Waals surface area contributed by atoms with Gasteiger partial charge < -0.3 is 10.2 Å². The highest BCUT2D eigenvalue weighted by Crippen LogP contribution is 2.28. The van der Waals surface area contributed by atoms with Crippen LogP contribution < -0.4 is 5.32 Å². The maximum Gasteiger partial charge on any atom is 0.0244 e. The van der Waals surface area contributed by atoms with E-state index in [1.807, 2.05) is 0 Å². The summed E-state index contributed by atoms with van der Waals surface area (Å²) in [7, 11) is 2.24. The zero-order valence-corrected chi connectivity index (χ0v) is 14.1. The van der Waals surface area contributed by atoms with E-state index in [4.69, 9.17) is 0 Å². The maximum absolute atomic E-state index is 3.88. The fraction of sp³-hybridized carbons (Fsp3) is 1.00. The van der Waals surface area contributed by atoms with E-state index in [0.29, 0.717) is 6.04 Å². The minimum Gasteiger partial charge on any atom is -0.312 e. The van der Waals surface area contributed by atoms with Crippen LogP contribution in [0.3, 0.4) is 0 Å². The fourth-order valence-corrected chi connectivity index (χ4v) is 3.86. The number of rotatable bonds is 6. The number of hydrogen-bond donors (Lipinski definition) is 1. The van der Waals surface area contributed by atoms with E-state index in [0.717, 1.165) is 17.9 Å². The molecule has 3 unspecified atom stereocenters. The quantitative estimate of drug-likeness (QED) is 0.807. The summed E-state index contributed by atoms with van der Waals surface area (Å²) in [5, 5.41) is 3.88. The Morgan fingerprint density at radius 1 is 1.10 bits per heavy atom. The molecule has 1 aliphatic carbocycles. The largest absolute Gasteiger partial charge is 0.312 e. The molecule has 0 aromatic heterocycles. The predicted octanol–water partition coefficient (Wildman–Crippen LogP) is 2.43. The molecule has 0 amide bonds. The highest BCUT2D eigenvalue weighted by molar-refractivity contribution is 4.85. The number of piperazine rings is 1. The summed E-state index contributed by atoms with van der Waals surface area (Å²) in [4.78, 5) is 5.16. The summed E-state index contributed by atoms with van der Waals surface area (Å²) in [5.74, 6) is 1.72. The first kappa shape index (κ1) is 16.3. The molecule has 2 aliphatic rings. The number of likely N-dealkylation sites (N-methyl/N-ethyl adjacent to an activating group) is 1. The SMILES string of the molecule is CCC1CCC(NCC(C(C)C)N2CCN(C)CC2)C1. The van der Waals surface area contributed by atoms with Crippen LogP contribution in [0, 0.1) is 11.8 Å². The molecule has 1 aliphatic heterocycles. The highest BCUT2D eigenvalue weighted by atomic mass is 15.3. The minimum absolute atomic E-state index is 0.712. The molecule has 2 fully saturated rings. The summed E-state index contributed by atoms with van der Waals surface area (Å²) in [6.45, 7) is 13.2. The van der Waals surface area contributed by atoms with Crippen LogP contribution in [0.4, 0.5) is 0 Å². The van der Waals surface area contributed by atoms with E-state index in [2.05, 4.69) is 42.9 Å². The van der Waals surface area contributed by atoms with Crippen molar-refractivity contribution in [2.75, 3.05) is 39.8 Å². The molecule has 3 heteroatoms. The van der Waals surface area contributed by atoms with Gasteiger partial charge in [-0.25, -0.2) is 0 Å². The minimum atomic E-state index is 0.712. The lowest BCUT2D eigenvalue weighted by molar-refractivity contribution is 0.0860. The molecule has 3 nitrogen and oxygen atoms in total. The topological polar surface area (TPSA) is 18.5 Å². The zero-order chi connectivity index (χ0) is 14.5. The third-order valence-electron chi connectivity index (χ3n) is 5.51. The first-order valence-electron chi connectivity index (χ1n) is 8.76. The Labute approximate surface area is 126 Å². The van der Waals surface area contributed by atoms with Crippen LogP contribution in [-0.2, 0) is 0 Å². The molecule has 0 aromatic carbocycles. The molecule has 0 radical (unpaired) electrons. The second kappa shape index (κ2) is 7.77. The van der Waals surface area contributed by atoms with Crippen molar-refractivity contribution in [1.29, 1.82) is 0 Å². The lowest BCUT2D eigenvalue weighted by Gasteiger charge is -2.40. The Kier molecular flexibility index (Phi) is 6.31. The monoisotopic (exact) mass is 281 g/mol. The van der Waals surface area contributed by atoms with E-state index >= 15 is 0 Å². The summed E-state index contributed by atoms with van der Waals surface area (Å²) < 4.78 is 0. The second-order valence-electron chi connectivity index (χ2n) is 7.34. The number of nitrogens with zero attached hydrogens (tertiary/aromatic N) is 2. The fourth-order valence-electron chi connectivity index (χ4n) is 3.86. The zero-order valence-electron chi connectivity index (χ0n) is 14.1. The van der Waals surface area contributed by atoms with Crippen molar-refractivity contribution in [3.8, 4) is 0 Å². The van der Waals surface area contributed by atoms with Crippen molar-refractivity contribution >= 4 is 0 Å². The second-order valence-corrected chi connectivity index (χ2v) is 7.34. The van der Waals surface area contributed by atoms with E-state index in [9.17, 15) is 0 Å². The van der Waals surface area contributed by atoms with Gasteiger partial charge in [0.25, 0.3) is 0 Å². The molecule has 1 saturated carbocycles. The Balaban J connectivity index is 1.78. The molecule has 118 valence electrons. The Bertz CT molecular complexity index is 271. The van der Waals surface area contributed by atoms with Crippen molar-refractivity contribution in [2.45, 2.75) is 58.5 Å². The van der Waals surface area contributed by atoms with Crippen LogP contribution >= 0.6 is 0 Å². The number of nitrogens with one attached hydrogen (secondary N) is 1. The van der Waals surface area contributed by atoms with E-state index in [1.165, 1.54) is 58.4 Å². The van der Waals surface area contributed by atoms with Gasteiger partial charge in [-0.15, -0.1) is 0 Å². The average molecular weight is 281 g/mol. The van der Waals surface area contributed by atoms with Gasteiger partial charge in [-0.2, -0.15) is 0 Å². The van der Waals surface area contributed by atoms with Gasteiger partial charge in [-0.05, 0) is 38.1 Å². The molecule has 3 atom stereocenters. The van der Waals surface area contributed by atoms with Crippen molar-refractivity contribution in [1.82, 2.24) is 15.1 Å². The first-order valence-corrected chi connectivity index (χ1v) is 8.76. The molecule has 2 rings (SSSR count). The normalized spacial score (nSPS) is 31.1. The van der Waals surface area contributed by atoms with Crippen LogP contribution in [0.1, 0.15) is 46.5 Å². The summed E-state index contributed by atoms with van der Waals surface area (Å²) in [6, 6.07) is 1.50. The van der Waals surface area contributed by atoms with Gasteiger partial charge in [0.15, 0.2) is 0 Å². The molecular formula is C17H35N3. The van der Waals surface area contributed by atoms with Gasteiger partial charge in [-0.3, -0.25) is 4.90 Å². The van der Waals surface area contributed by atoms with Crippen LogP contribution in [0.2, 0.25) is 0 Å². The summed E-state index contributed by atoms with van der Waals surface area (Å²) in [5.41, 5.74) is 0.